The molecule has 0 spiro atoms. The van der Waals surface area contributed by atoms with Crippen LogP contribution in [0.15, 0.2) is 30.3 Å². The monoisotopic (exact) mass is 275 g/mol. The highest BCUT2D eigenvalue weighted by Gasteiger charge is 2.51. The van der Waals surface area contributed by atoms with Gasteiger partial charge in [0.15, 0.2) is 0 Å². The Balaban J connectivity index is 1.91. The first-order valence-electron chi connectivity index (χ1n) is 6.88. The van der Waals surface area contributed by atoms with Gasteiger partial charge in [0.25, 0.3) is 5.91 Å². The molecule has 1 aromatic rings. The number of aliphatic hydroxyl groups excluding tert-OH is 1. The molecule has 4 unspecified atom stereocenters. The maximum absolute atomic E-state index is 12.6. The fourth-order valence-electron chi connectivity index (χ4n) is 3.55. The van der Waals surface area contributed by atoms with E-state index in [2.05, 4.69) is 0 Å². The molecule has 2 heterocycles. The summed E-state index contributed by atoms with van der Waals surface area (Å²) in [4.78, 5) is 25.6. The number of carboxylic acids is 1. The van der Waals surface area contributed by atoms with Gasteiger partial charge >= 0.3 is 5.97 Å². The first-order valence-corrected chi connectivity index (χ1v) is 6.88. The van der Waals surface area contributed by atoms with E-state index in [4.69, 9.17) is 0 Å². The maximum Gasteiger partial charge on any atom is 0.311 e. The lowest BCUT2D eigenvalue weighted by molar-refractivity contribution is -0.151. The summed E-state index contributed by atoms with van der Waals surface area (Å²) in [6.07, 6.45) is 0.915. The molecule has 106 valence electrons. The average molecular weight is 275 g/mol. The number of hydrogen-bond acceptors (Lipinski definition) is 3. The Bertz CT molecular complexity index is 530. The first kappa shape index (κ1) is 13.1. The van der Waals surface area contributed by atoms with Gasteiger partial charge in [-0.2, -0.15) is 0 Å². The molecule has 0 aliphatic carbocycles. The van der Waals surface area contributed by atoms with Crippen LogP contribution >= 0.6 is 0 Å². The second-order valence-electron chi connectivity index (χ2n) is 5.54. The van der Waals surface area contributed by atoms with E-state index in [1.165, 1.54) is 0 Å². The minimum absolute atomic E-state index is 0.0432. The van der Waals surface area contributed by atoms with E-state index >= 15 is 0 Å². The van der Waals surface area contributed by atoms with E-state index in [0.29, 0.717) is 18.4 Å². The van der Waals surface area contributed by atoms with Gasteiger partial charge in [0.1, 0.15) is 5.92 Å². The van der Waals surface area contributed by atoms with Crippen molar-refractivity contribution < 1.29 is 19.8 Å². The number of piperidine rings is 1. The summed E-state index contributed by atoms with van der Waals surface area (Å²) >= 11 is 0. The summed E-state index contributed by atoms with van der Waals surface area (Å²) in [5, 5.41) is 19.3. The molecular formula is C15H17NO4. The lowest BCUT2D eigenvalue weighted by atomic mass is 9.87. The van der Waals surface area contributed by atoms with Gasteiger partial charge in [-0.1, -0.05) is 18.2 Å². The highest BCUT2D eigenvalue weighted by atomic mass is 16.4. The molecule has 2 fully saturated rings. The highest BCUT2D eigenvalue weighted by Crippen LogP contribution is 2.40. The van der Waals surface area contributed by atoms with Crippen LogP contribution in [0.1, 0.15) is 29.6 Å². The fourth-order valence-corrected chi connectivity index (χ4v) is 3.55. The molecule has 20 heavy (non-hydrogen) atoms. The number of aliphatic hydroxyl groups is 1. The number of carbonyl (C=O) groups excluding carboxylic acids is 1. The van der Waals surface area contributed by atoms with E-state index in [9.17, 15) is 19.8 Å². The minimum Gasteiger partial charge on any atom is -0.481 e. The molecule has 2 bridgehead atoms. The van der Waals surface area contributed by atoms with Gasteiger partial charge in [-0.05, 0) is 31.4 Å². The van der Waals surface area contributed by atoms with E-state index in [0.717, 1.165) is 6.42 Å². The van der Waals surface area contributed by atoms with Crippen LogP contribution in [0.4, 0.5) is 0 Å². The van der Waals surface area contributed by atoms with Gasteiger partial charge in [0.05, 0.1) is 6.10 Å². The van der Waals surface area contributed by atoms with Crippen molar-refractivity contribution in [1.29, 1.82) is 0 Å². The van der Waals surface area contributed by atoms with Crippen molar-refractivity contribution >= 4 is 11.9 Å². The standard InChI is InChI=1S/C15H17NO4/c17-12-8-10-6-7-11(13(12)15(19)20)16(10)14(18)9-4-2-1-3-5-9/h1-5,10-13,17H,6-8H2,(H,19,20). The molecular weight excluding hydrogens is 258 g/mol. The van der Waals surface area contributed by atoms with Gasteiger partial charge < -0.3 is 15.1 Å². The van der Waals surface area contributed by atoms with E-state index in [1.54, 1.807) is 29.2 Å². The van der Waals surface area contributed by atoms with Crippen LogP contribution in [0, 0.1) is 5.92 Å². The third-order valence-corrected chi connectivity index (χ3v) is 4.43. The molecule has 2 N–H and O–H groups in total. The molecule has 0 radical (unpaired) electrons. The Morgan fingerprint density at radius 1 is 1.15 bits per heavy atom. The first-order chi connectivity index (χ1) is 9.59. The Kier molecular flexibility index (Phi) is 3.22. The van der Waals surface area contributed by atoms with Crippen LogP contribution in [0.5, 0.6) is 0 Å². The van der Waals surface area contributed by atoms with Crippen LogP contribution in [0.2, 0.25) is 0 Å². The SMILES string of the molecule is O=C(O)C1C(O)CC2CCC1N2C(=O)c1ccccc1. The molecule has 4 atom stereocenters. The third-order valence-electron chi connectivity index (χ3n) is 4.43. The van der Waals surface area contributed by atoms with Crippen LogP contribution in [-0.4, -0.2) is 45.2 Å². The molecule has 5 heteroatoms. The molecule has 1 aromatic carbocycles. The van der Waals surface area contributed by atoms with Crippen molar-refractivity contribution in [2.24, 2.45) is 5.92 Å². The molecule has 3 rings (SSSR count). The minimum atomic E-state index is -1.02. The summed E-state index contributed by atoms with van der Waals surface area (Å²) < 4.78 is 0. The number of carbonyl (C=O) groups is 2. The predicted octanol–water partition coefficient (Wildman–Crippen LogP) is 1.13. The maximum atomic E-state index is 12.6. The Labute approximate surface area is 116 Å². The van der Waals surface area contributed by atoms with Gasteiger partial charge in [-0.25, -0.2) is 0 Å². The number of carboxylic acid groups (broad SMARTS) is 1. The topological polar surface area (TPSA) is 77.8 Å². The number of aliphatic carboxylic acids is 1. The quantitative estimate of drug-likeness (QED) is 0.848. The van der Waals surface area contributed by atoms with Crippen molar-refractivity contribution in [3.05, 3.63) is 35.9 Å². The lowest BCUT2D eigenvalue weighted by Crippen LogP contribution is -2.55. The number of rotatable bonds is 2. The van der Waals surface area contributed by atoms with Crippen molar-refractivity contribution in [3.8, 4) is 0 Å². The number of fused-ring (bicyclic) bond motifs is 2. The van der Waals surface area contributed by atoms with E-state index in [-0.39, 0.29) is 11.9 Å². The summed E-state index contributed by atoms with van der Waals surface area (Å²) in [6.45, 7) is 0. The second kappa shape index (κ2) is 4.90. The largest absolute Gasteiger partial charge is 0.481 e. The second-order valence-corrected chi connectivity index (χ2v) is 5.54. The summed E-state index contributed by atoms with van der Waals surface area (Å²) in [6, 6.07) is 8.47. The summed E-state index contributed by atoms with van der Waals surface area (Å²) in [5.41, 5.74) is 0.574. The third kappa shape index (κ3) is 1.98. The predicted molar refractivity (Wildman–Crippen MR) is 71.2 cm³/mol. The smallest absolute Gasteiger partial charge is 0.311 e. The van der Waals surface area contributed by atoms with Crippen LogP contribution < -0.4 is 0 Å². The molecule has 0 saturated carbocycles. The Morgan fingerprint density at radius 2 is 1.85 bits per heavy atom. The van der Waals surface area contributed by atoms with Crippen LogP contribution in [-0.2, 0) is 4.79 Å². The zero-order valence-corrected chi connectivity index (χ0v) is 11.0. The molecule has 2 aliphatic heterocycles. The molecule has 2 aliphatic rings. The number of benzene rings is 1. The van der Waals surface area contributed by atoms with E-state index < -0.39 is 24.0 Å². The van der Waals surface area contributed by atoms with Crippen molar-refractivity contribution in [2.45, 2.75) is 37.5 Å². The summed E-state index contributed by atoms with van der Waals surface area (Å²) in [5.74, 6) is -2.02. The van der Waals surface area contributed by atoms with Crippen LogP contribution in [0.3, 0.4) is 0 Å². The van der Waals surface area contributed by atoms with Crippen molar-refractivity contribution in [3.63, 3.8) is 0 Å². The van der Waals surface area contributed by atoms with Gasteiger partial charge in [-0.3, -0.25) is 9.59 Å². The van der Waals surface area contributed by atoms with Gasteiger partial charge in [0, 0.05) is 17.6 Å². The van der Waals surface area contributed by atoms with Gasteiger partial charge in [0.2, 0.25) is 0 Å². The van der Waals surface area contributed by atoms with Crippen molar-refractivity contribution in [2.75, 3.05) is 0 Å². The summed E-state index contributed by atoms with van der Waals surface area (Å²) in [7, 11) is 0. The Morgan fingerprint density at radius 3 is 2.50 bits per heavy atom. The zero-order valence-electron chi connectivity index (χ0n) is 11.0. The molecule has 1 amide bonds. The molecule has 5 nitrogen and oxygen atoms in total. The fraction of sp³-hybridized carbons (Fsp3) is 0.467. The van der Waals surface area contributed by atoms with Gasteiger partial charge in [-0.15, -0.1) is 0 Å². The number of nitrogens with zero attached hydrogens (tertiary/aromatic N) is 1. The lowest BCUT2D eigenvalue weighted by Gasteiger charge is -2.41. The molecule has 0 aromatic heterocycles. The van der Waals surface area contributed by atoms with Crippen LogP contribution in [0.25, 0.3) is 0 Å². The zero-order chi connectivity index (χ0) is 14.3. The Hall–Kier alpha value is -1.88. The normalized spacial score (nSPS) is 32.1. The molecule has 2 saturated heterocycles. The number of amides is 1. The van der Waals surface area contributed by atoms with E-state index in [1.807, 2.05) is 6.07 Å². The average Bonchev–Trinajstić information content (AvgIpc) is 2.74. The number of hydrogen-bond donors (Lipinski definition) is 2. The highest BCUT2D eigenvalue weighted by molar-refractivity contribution is 5.95. The van der Waals surface area contributed by atoms with Crippen molar-refractivity contribution in [1.82, 2.24) is 4.90 Å².